The van der Waals surface area contributed by atoms with E-state index in [9.17, 15) is 0 Å². The van der Waals surface area contributed by atoms with Gasteiger partial charge in [-0.1, -0.05) is 59.9 Å². The maximum absolute atomic E-state index is 2.55. The summed E-state index contributed by atoms with van der Waals surface area (Å²) in [7, 11) is -1.74. The molecule has 4 rings (SSSR count). The van der Waals surface area contributed by atoms with Crippen molar-refractivity contribution in [2.45, 2.75) is 53.6 Å². The van der Waals surface area contributed by atoms with Gasteiger partial charge in [-0.15, -0.1) is 0 Å². The van der Waals surface area contributed by atoms with Crippen LogP contribution in [0.1, 0.15) is 47.2 Å². The molecule has 1 heteroatoms. The van der Waals surface area contributed by atoms with E-state index >= 15 is 0 Å². The lowest BCUT2D eigenvalue weighted by Crippen LogP contribution is -2.55. The number of hydrogen-bond acceptors (Lipinski definition) is 0. The second kappa shape index (κ2) is 5.57. The van der Waals surface area contributed by atoms with Crippen LogP contribution in [0.4, 0.5) is 0 Å². The zero-order chi connectivity index (χ0) is 17.9. The third-order valence-corrected chi connectivity index (χ3v) is 10.0. The molecule has 0 heterocycles. The molecule has 0 nitrogen and oxygen atoms in total. The van der Waals surface area contributed by atoms with E-state index in [0.717, 1.165) is 12.8 Å². The molecule has 0 bridgehead atoms. The molecule has 0 fully saturated rings. The van der Waals surface area contributed by atoms with Crippen LogP contribution in [-0.2, 0) is 12.8 Å². The van der Waals surface area contributed by atoms with Gasteiger partial charge in [-0.3, -0.25) is 0 Å². The van der Waals surface area contributed by atoms with E-state index in [1.807, 2.05) is 0 Å². The molecule has 2 aromatic carbocycles. The first kappa shape index (κ1) is 16.6. The summed E-state index contributed by atoms with van der Waals surface area (Å²) in [5, 5.41) is 3.27. The van der Waals surface area contributed by atoms with Gasteiger partial charge < -0.3 is 0 Å². The van der Waals surface area contributed by atoms with E-state index in [4.69, 9.17) is 0 Å². The van der Waals surface area contributed by atoms with Crippen molar-refractivity contribution in [2.75, 3.05) is 0 Å². The number of aryl methyl sites for hydroxylation is 2. The first-order chi connectivity index (χ1) is 11.8. The Morgan fingerprint density at radius 3 is 1.44 bits per heavy atom. The monoisotopic (exact) mass is 344 g/mol. The highest BCUT2D eigenvalue weighted by Gasteiger charge is 2.34. The van der Waals surface area contributed by atoms with Crippen molar-refractivity contribution in [3.63, 3.8) is 0 Å². The molecule has 0 saturated heterocycles. The molecule has 0 spiro atoms. The average Bonchev–Trinajstić information content (AvgIpc) is 3.13. The molecular formula is C24H28Si. The third-order valence-electron chi connectivity index (χ3n) is 6.40. The van der Waals surface area contributed by atoms with Crippen LogP contribution in [0.15, 0.2) is 36.4 Å². The van der Waals surface area contributed by atoms with Crippen LogP contribution >= 0.6 is 0 Å². The first-order valence-corrected chi connectivity index (χ1v) is 12.4. The maximum atomic E-state index is 2.55. The fourth-order valence-corrected chi connectivity index (χ4v) is 8.34. The Bertz CT molecular complexity index is 877. The number of allylic oxidation sites excluding steroid dienone is 4. The number of rotatable bonds is 2. The molecule has 2 aliphatic rings. The second-order valence-electron chi connectivity index (χ2n) is 8.37. The summed E-state index contributed by atoms with van der Waals surface area (Å²) in [6.45, 7) is 14.2. The van der Waals surface area contributed by atoms with Crippen LogP contribution in [0.25, 0.3) is 11.1 Å². The van der Waals surface area contributed by atoms with Gasteiger partial charge in [0.15, 0.2) is 0 Å². The van der Waals surface area contributed by atoms with Gasteiger partial charge in [0.05, 0.1) is 0 Å². The SMILES string of the molecule is CC1=CCc2c([Si](C)(C)c3ccc(C)c4c3CC=C4C)ccc(C)c21. The molecule has 2 aliphatic carbocycles. The van der Waals surface area contributed by atoms with Crippen LogP contribution in [0, 0.1) is 13.8 Å². The Morgan fingerprint density at radius 2 is 1.04 bits per heavy atom. The molecule has 0 aromatic heterocycles. The maximum Gasteiger partial charge on any atom is 0.113 e. The topological polar surface area (TPSA) is 0 Å². The van der Waals surface area contributed by atoms with Gasteiger partial charge in [-0.2, -0.15) is 0 Å². The normalized spacial score (nSPS) is 15.8. The summed E-state index contributed by atoms with van der Waals surface area (Å²) in [6, 6.07) is 9.58. The number of hydrogen-bond donors (Lipinski definition) is 0. The number of fused-ring (bicyclic) bond motifs is 2. The lowest BCUT2D eigenvalue weighted by atomic mass is 10.0. The summed E-state index contributed by atoms with van der Waals surface area (Å²) in [5.74, 6) is 0. The molecule has 0 atom stereocenters. The molecule has 2 aromatic rings. The Balaban J connectivity index is 1.92. The lowest BCUT2D eigenvalue weighted by Gasteiger charge is -2.30. The van der Waals surface area contributed by atoms with Gasteiger partial charge in [0.25, 0.3) is 0 Å². The van der Waals surface area contributed by atoms with Crippen molar-refractivity contribution in [2.24, 2.45) is 0 Å². The minimum Gasteiger partial charge on any atom is -0.0766 e. The summed E-state index contributed by atoms with van der Waals surface area (Å²) < 4.78 is 0. The van der Waals surface area contributed by atoms with Crippen molar-refractivity contribution >= 4 is 29.6 Å². The Morgan fingerprint density at radius 1 is 0.640 bits per heavy atom. The van der Waals surface area contributed by atoms with Crippen LogP contribution in [0.2, 0.25) is 13.1 Å². The van der Waals surface area contributed by atoms with Crippen molar-refractivity contribution in [1.29, 1.82) is 0 Å². The zero-order valence-electron chi connectivity index (χ0n) is 16.4. The molecule has 25 heavy (non-hydrogen) atoms. The Kier molecular flexibility index (Phi) is 3.70. The first-order valence-electron chi connectivity index (χ1n) is 9.42. The minimum absolute atomic E-state index is 1.11. The zero-order valence-corrected chi connectivity index (χ0v) is 17.4. The van der Waals surface area contributed by atoms with E-state index in [1.54, 1.807) is 21.5 Å². The molecule has 0 unspecified atom stereocenters. The van der Waals surface area contributed by atoms with E-state index in [-0.39, 0.29) is 0 Å². The molecule has 0 saturated carbocycles. The van der Waals surface area contributed by atoms with E-state index in [1.165, 1.54) is 33.4 Å². The van der Waals surface area contributed by atoms with Gasteiger partial charge in [0.1, 0.15) is 8.07 Å². The van der Waals surface area contributed by atoms with Crippen molar-refractivity contribution in [3.8, 4) is 0 Å². The van der Waals surface area contributed by atoms with Crippen molar-refractivity contribution in [1.82, 2.24) is 0 Å². The number of benzene rings is 2. The molecule has 0 aliphatic heterocycles. The predicted octanol–water partition coefficient (Wildman–Crippen LogP) is 5.04. The van der Waals surface area contributed by atoms with Crippen LogP contribution < -0.4 is 10.4 Å². The summed E-state index contributed by atoms with van der Waals surface area (Å²) in [6.07, 6.45) is 7.05. The third kappa shape index (κ3) is 2.32. The largest absolute Gasteiger partial charge is 0.113 e. The lowest BCUT2D eigenvalue weighted by molar-refractivity contribution is 1.28. The van der Waals surface area contributed by atoms with E-state index in [2.05, 4.69) is 77.2 Å². The minimum atomic E-state index is -1.74. The highest BCUT2D eigenvalue weighted by Crippen LogP contribution is 2.33. The van der Waals surface area contributed by atoms with Gasteiger partial charge in [0, 0.05) is 0 Å². The summed E-state index contributed by atoms with van der Waals surface area (Å²) in [4.78, 5) is 0. The molecule has 0 amide bonds. The fourth-order valence-electron chi connectivity index (χ4n) is 5.08. The Labute approximate surface area is 153 Å². The Hall–Kier alpha value is -1.86. The quantitative estimate of drug-likeness (QED) is 0.669. The predicted molar refractivity (Wildman–Crippen MR) is 114 cm³/mol. The highest BCUT2D eigenvalue weighted by atomic mass is 28.3. The van der Waals surface area contributed by atoms with Crippen LogP contribution in [-0.4, -0.2) is 8.07 Å². The fraction of sp³-hybridized carbons (Fsp3) is 0.333. The van der Waals surface area contributed by atoms with Crippen LogP contribution in [0.5, 0.6) is 0 Å². The van der Waals surface area contributed by atoms with Gasteiger partial charge in [0.2, 0.25) is 0 Å². The van der Waals surface area contributed by atoms with Crippen molar-refractivity contribution < 1.29 is 0 Å². The molecule has 0 N–H and O–H groups in total. The standard InChI is InChI=1S/C24H28Si/c1-15-7-11-19-21(13-9-17(3)23(15)19)25(5,6)22-14-10-18(4)24-16(2)8-12-20(22)24/h7-10,13-14H,11-12H2,1-6H3. The van der Waals surface area contributed by atoms with Gasteiger partial charge >= 0.3 is 0 Å². The second-order valence-corrected chi connectivity index (χ2v) is 12.7. The molecule has 128 valence electrons. The highest BCUT2D eigenvalue weighted by molar-refractivity contribution is 7.01. The molecular weight excluding hydrogens is 316 g/mol. The van der Waals surface area contributed by atoms with Crippen LogP contribution in [0.3, 0.4) is 0 Å². The van der Waals surface area contributed by atoms with E-state index < -0.39 is 8.07 Å². The summed E-state index contributed by atoms with van der Waals surface area (Å²) >= 11 is 0. The average molecular weight is 345 g/mol. The smallest absolute Gasteiger partial charge is 0.0766 e. The van der Waals surface area contributed by atoms with Gasteiger partial charge in [-0.25, -0.2) is 0 Å². The van der Waals surface area contributed by atoms with Crippen molar-refractivity contribution in [3.05, 3.63) is 69.8 Å². The van der Waals surface area contributed by atoms with E-state index in [0.29, 0.717) is 0 Å². The van der Waals surface area contributed by atoms with Gasteiger partial charge in [-0.05, 0) is 85.1 Å². The summed E-state index contributed by atoms with van der Waals surface area (Å²) in [5.41, 5.74) is 12.0. The molecule has 0 radical (unpaired) electrons.